The molecule has 0 fully saturated rings. The van der Waals surface area contributed by atoms with Crippen molar-refractivity contribution in [2.75, 3.05) is 0 Å². The van der Waals surface area contributed by atoms with Gasteiger partial charge in [-0.25, -0.2) is 0 Å². The number of hydrogen-bond donors (Lipinski definition) is 0. The third-order valence-electron chi connectivity index (χ3n) is 0.817. The number of aromatic nitrogens is 4. The van der Waals surface area contributed by atoms with Gasteiger partial charge in [0.25, 0.3) is 0 Å². The minimum atomic E-state index is -5.09. The highest BCUT2D eigenvalue weighted by molar-refractivity contribution is 6.71. The SMILES string of the molecule is Cn1nnc([B-](F)(F)F)n1. The first-order chi connectivity index (χ1) is 4.50. The van der Waals surface area contributed by atoms with Crippen LogP contribution in [0.25, 0.3) is 0 Å². The molecule has 0 N–H and O–H groups in total. The molecule has 1 aromatic heterocycles. The molecule has 0 bridgehead atoms. The normalized spacial score (nSPS) is 12.0. The maximum Gasteiger partial charge on any atom is 0.550 e. The summed E-state index contributed by atoms with van der Waals surface area (Å²) in [5.41, 5.74) is -1.15. The molecule has 0 aliphatic heterocycles. The smallest absolute Gasteiger partial charge is 0.443 e. The average Bonchev–Trinajstić information content (AvgIpc) is 2.11. The van der Waals surface area contributed by atoms with Crippen molar-refractivity contribution in [3.63, 3.8) is 0 Å². The minimum absolute atomic E-state index is 0.768. The molecule has 0 aliphatic carbocycles. The molecule has 8 heteroatoms. The molecule has 0 spiro atoms. The van der Waals surface area contributed by atoms with Gasteiger partial charge in [-0.1, -0.05) is 5.21 Å². The molecule has 0 atom stereocenters. The Morgan fingerprint density at radius 2 is 2.00 bits per heavy atom. The highest BCUT2D eigenvalue weighted by Crippen LogP contribution is 2.03. The van der Waals surface area contributed by atoms with E-state index in [1.54, 1.807) is 0 Å². The number of tetrazole rings is 1. The summed E-state index contributed by atoms with van der Waals surface area (Å²) in [5.74, 6) is 0. The first kappa shape index (κ1) is 7.04. The molecule has 1 heterocycles. The van der Waals surface area contributed by atoms with E-state index < -0.39 is 12.7 Å². The lowest BCUT2D eigenvalue weighted by atomic mass is 9.91. The van der Waals surface area contributed by atoms with Crippen LogP contribution < -0.4 is 5.72 Å². The van der Waals surface area contributed by atoms with Gasteiger partial charge in [0.05, 0.1) is 7.05 Å². The Morgan fingerprint density at radius 3 is 2.20 bits per heavy atom. The topological polar surface area (TPSA) is 43.6 Å². The third-order valence-corrected chi connectivity index (χ3v) is 0.817. The van der Waals surface area contributed by atoms with Crippen molar-refractivity contribution in [2.24, 2.45) is 7.05 Å². The van der Waals surface area contributed by atoms with E-state index in [-0.39, 0.29) is 0 Å². The number of hydrogen-bond acceptors (Lipinski definition) is 3. The molecule has 1 rings (SSSR count). The van der Waals surface area contributed by atoms with Crippen LogP contribution in [-0.4, -0.2) is 27.2 Å². The zero-order valence-corrected chi connectivity index (χ0v) is 5.00. The zero-order chi connectivity index (χ0) is 7.78. The van der Waals surface area contributed by atoms with E-state index in [0.717, 1.165) is 4.80 Å². The summed E-state index contributed by atoms with van der Waals surface area (Å²) >= 11 is 0. The Kier molecular flexibility index (Phi) is 1.38. The van der Waals surface area contributed by atoms with Crippen LogP contribution in [0.3, 0.4) is 0 Å². The van der Waals surface area contributed by atoms with Gasteiger partial charge in [-0.05, 0) is 0 Å². The third kappa shape index (κ3) is 1.25. The lowest BCUT2D eigenvalue weighted by Crippen LogP contribution is -2.37. The van der Waals surface area contributed by atoms with Crippen molar-refractivity contribution in [3.05, 3.63) is 0 Å². The quantitative estimate of drug-likeness (QED) is 0.496. The Balaban J connectivity index is 2.96. The van der Waals surface area contributed by atoms with Crippen LogP contribution in [0.4, 0.5) is 12.9 Å². The van der Waals surface area contributed by atoms with E-state index in [1.807, 2.05) is 0 Å². The Bertz CT molecular complexity index is 229. The zero-order valence-electron chi connectivity index (χ0n) is 5.00. The molecular weight excluding hydrogens is 148 g/mol. The minimum Gasteiger partial charge on any atom is -0.443 e. The van der Waals surface area contributed by atoms with Crippen LogP contribution in [0.15, 0.2) is 0 Å². The van der Waals surface area contributed by atoms with Crippen molar-refractivity contribution in [2.45, 2.75) is 0 Å². The highest BCUT2D eigenvalue weighted by Gasteiger charge is 2.31. The predicted octanol–water partition coefficient (Wildman–Crippen LogP) is -0.736. The summed E-state index contributed by atoms with van der Waals surface area (Å²) in [7, 11) is 1.28. The molecule has 0 aromatic carbocycles. The molecule has 0 saturated heterocycles. The number of halogens is 3. The Labute approximate surface area is 54.1 Å². The largest absolute Gasteiger partial charge is 0.550 e. The monoisotopic (exact) mass is 151 g/mol. The van der Waals surface area contributed by atoms with Gasteiger partial charge in [0.1, 0.15) is 5.72 Å². The van der Waals surface area contributed by atoms with Crippen LogP contribution in [-0.2, 0) is 7.05 Å². The van der Waals surface area contributed by atoms with Crippen molar-refractivity contribution < 1.29 is 12.9 Å². The van der Waals surface area contributed by atoms with Crippen molar-refractivity contribution in [1.29, 1.82) is 0 Å². The van der Waals surface area contributed by atoms with Gasteiger partial charge < -0.3 is 12.9 Å². The van der Waals surface area contributed by atoms with Crippen molar-refractivity contribution in [1.82, 2.24) is 20.2 Å². The van der Waals surface area contributed by atoms with Gasteiger partial charge in [-0.15, -0.1) is 5.10 Å². The molecule has 0 saturated carbocycles. The van der Waals surface area contributed by atoms with E-state index in [4.69, 9.17) is 0 Å². The maximum absolute atomic E-state index is 11.7. The fraction of sp³-hybridized carbons (Fsp3) is 0.500. The van der Waals surface area contributed by atoms with E-state index in [0.29, 0.717) is 0 Å². The Hall–Kier alpha value is -1.08. The van der Waals surface area contributed by atoms with Gasteiger partial charge in [0.15, 0.2) is 0 Å². The average molecular weight is 151 g/mol. The molecule has 4 nitrogen and oxygen atoms in total. The van der Waals surface area contributed by atoms with E-state index in [1.165, 1.54) is 7.05 Å². The summed E-state index contributed by atoms with van der Waals surface area (Å²) < 4.78 is 35.1. The molecule has 0 radical (unpaired) electrons. The summed E-state index contributed by atoms with van der Waals surface area (Å²) in [4.78, 5) is 0.768. The van der Waals surface area contributed by atoms with Crippen LogP contribution in [0.2, 0.25) is 0 Å². The second kappa shape index (κ2) is 1.96. The molecular formula is C2H3BF3N4-. The van der Waals surface area contributed by atoms with Crippen LogP contribution in [0.1, 0.15) is 0 Å². The number of aryl methyl sites for hydroxylation is 1. The lowest BCUT2D eigenvalue weighted by Gasteiger charge is -2.05. The summed E-state index contributed by atoms with van der Waals surface area (Å²) in [6.07, 6.45) is 0. The van der Waals surface area contributed by atoms with E-state index >= 15 is 0 Å². The molecule has 0 aliphatic rings. The van der Waals surface area contributed by atoms with Gasteiger partial charge in [-0.2, -0.15) is 9.90 Å². The van der Waals surface area contributed by atoms with Crippen LogP contribution in [0.5, 0.6) is 0 Å². The van der Waals surface area contributed by atoms with Crippen molar-refractivity contribution >= 4 is 12.7 Å². The highest BCUT2D eigenvalue weighted by atomic mass is 19.4. The van der Waals surface area contributed by atoms with Crippen molar-refractivity contribution in [3.8, 4) is 0 Å². The second-order valence-electron chi connectivity index (χ2n) is 1.71. The fourth-order valence-electron chi connectivity index (χ4n) is 0.430. The number of nitrogens with zero attached hydrogens (tertiary/aromatic N) is 4. The Morgan fingerprint density at radius 1 is 1.40 bits per heavy atom. The number of rotatable bonds is 1. The van der Waals surface area contributed by atoms with Gasteiger partial charge in [0, 0.05) is 0 Å². The second-order valence-corrected chi connectivity index (χ2v) is 1.71. The van der Waals surface area contributed by atoms with E-state index in [2.05, 4.69) is 15.4 Å². The predicted molar refractivity (Wildman–Crippen MR) is 27.5 cm³/mol. The maximum atomic E-state index is 11.7. The van der Waals surface area contributed by atoms with Crippen LogP contribution >= 0.6 is 0 Å². The molecule has 10 heavy (non-hydrogen) atoms. The molecule has 1 aromatic rings. The van der Waals surface area contributed by atoms with Gasteiger partial charge >= 0.3 is 6.98 Å². The lowest BCUT2D eigenvalue weighted by molar-refractivity contribution is 0.494. The van der Waals surface area contributed by atoms with Crippen LogP contribution in [0, 0.1) is 0 Å². The van der Waals surface area contributed by atoms with E-state index in [9.17, 15) is 12.9 Å². The summed E-state index contributed by atoms with van der Waals surface area (Å²) in [5, 5.41) is 8.81. The molecule has 0 amide bonds. The standard InChI is InChI=1S/C2H3BF3N4/c1-10-8-2(7-9-10)3(4,5)6/h1H3/q-1. The fourth-order valence-corrected chi connectivity index (χ4v) is 0.430. The molecule has 56 valence electrons. The van der Waals surface area contributed by atoms with Gasteiger partial charge in [0.2, 0.25) is 0 Å². The van der Waals surface area contributed by atoms with Gasteiger partial charge in [-0.3, -0.25) is 0 Å². The summed E-state index contributed by atoms with van der Waals surface area (Å²) in [6, 6.07) is 0. The first-order valence-corrected chi connectivity index (χ1v) is 2.44. The first-order valence-electron chi connectivity index (χ1n) is 2.44. The summed E-state index contributed by atoms with van der Waals surface area (Å²) in [6.45, 7) is -5.09. The molecule has 0 unspecified atom stereocenters.